The minimum atomic E-state index is -4.43. The highest BCUT2D eigenvalue weighted by Gasteiger charge is 2.34. The number of carboxylic acid groups (broad SMARTS) is 1. The van der Waals surface area contributed by atoms with E-state index in [0.717, 1.165) is 11.6 Å². The average molecular weight is 388 g/mol. The number of aromatic carboxylic acids is 1. The zero-order valence-electron chi connectivity index (χ0n) is 13.7. The van der Waals surface area contributed by atoms with Gasteiger partial charge in [-0.05, 0) is 30.5 Å². The van der Waals surface area contributed by atoms with Gasteiger partial charge in [-0.1, -0.05) is 23.7 Å². The largest absolute Gasteiger partial charge is 0.478 e. The van der Waals surface area contributed by atoms with Crippen LogP contribution in [0.2, 0.25) is 5.02 Å². The highest BCUT2D eigenvalue weighted by Crippen LogP contribution is 2.30. The van der Waals surface area contributed by atoms with Crippen LogP contribution in [-0.2, 0) is 12.7 Å². The molecule has 9 heteroatoms. The first-order valence-electron chi connectivity index (χ1n) is 8.11. The summed E-state index contributed by atoms with van der Waals surface area (Å²) < 4.78 is 39.4. The van der Waals surface area contributed by atoms with Crippen molar-refractivity contribution in [2.75, 3.05) is 13.1 Å². The first-order chi connectivity index (χ1) is 12.3. The molecule has 0 saturated carbocycles. The van der Waals surface area contributed by atoms with Gasteiger partial charge in [0, 0.05) is 25.8 Å². The summed E-state index contributed by atoms with van der Waals surface area (Å²) in [7, 11) is 0. The molecule has 1 fully saturated rings. The minimum absolute atomic E-state index is 0.0651. The predicted octanol–water partition coefficient (Wildman–Crippen LogP) is 4.09. The van der Waals surface area contributed by atoms with Crippen LogP contribution >= 0.6 is 11.6 Å². The smallest absolute Gasteiger partial charge is 0.435 e. The summed E-state index contributed by atoms with van der Waals surface area (Å²) >= 11 is 6.16. The third kappa shape index (κ3) is 4.02. The number of benzene rings is 1. The molecule has 0 radical (unpaired) electrons. The maximum Gasteiger partial charge on any atom is 0.435 e. The van der Waals surface area contributed by atoms with Crippen molar-refractivity contribution in [3.8, 4) is 0 Å². The van der Waals surface area contributed by atoms with E-state index in [4.69, 9.17) is 16.7 Å². The van der Waals surface area contributed by atoms with Crippen LogP contribution in [0.5, 0.6) is 0 Å². The first kappa shape index (κ1) is 18.7. The van der Waals surface area contributed by atoms with Crippen LogP contribution in [-0.4, -0.2) is 38.8 Å². The van der Waals surface area contributed by atoms with E-state index in [1.54, 1.807) is 12.1 Å². The van der Waals surface area contributed by atoms with Crippen LogP contribution in [0.25, 0.3) is 0 Å². The highest BCUT2D eigenvalue weighted by atomic mass is 35.5. The maximum atomic E-state index is 12.7. The van der Waals surface area contributed by atoms with Crippen molar-refractivity contribution in [3.63, 3.8) is 0 Å². The summed E-state index contributed by atoms with van der Waals surface area (Å²) in [6, 6.07) is 5.80. The van der Waals surface area contributed by atoms with E-state index < -0.39 is 17.8 Å². The lowest BCUT2D eigenvalue weighted by atomic mass is 10.0. The Balaban J connectivity index is 1.62. The molecule has 1 aromatic carbocycles. The van der Waals surface area contributed by atoms with Crippen molar-refractivity contribution in [2.45, 2.75) is 31.6 Å². The third-order valence-corrected chi connectivity index (χ3v) is 4.98. The number of piperidine rings is 1. The molecule has 0 unspecified atom stereocenters. The Kier molecular flexibility index (Phi) is 5.24. The Morgan fingerprint density at radius 2 is 1.96 bits per heavy atom. The molecule has 1 saturated heterocycles. The number of halogens is 4. The number of carboxylic acids is 1. The van der Waals surface area contributed by atoms with Crippen molar-refractivity contribution >= 4 is 17.6 Å². The topological polar surface area (TPSA) is 58.4 Å². The summed E-state index contributed by atoms with van der Waals surface area (Å²) in [5, 5.41) is 13.0. The molecule has 5 nitrogen and oxygen atoms in total. The molecule has 2 aromatic rings. The summed E-state index contributed by atoms with van der Waals surface area (Å²) in [6.45, 7) is 1.83. The maximum absolute atomic E-state index is 12.7. The first-order valence-corrected chi connectivity index (χ1v) is 8.49. The van der Waals surface area contributed by atoms with Gasteiger partial charge in [0.2, 0.25) is 0 Å². The molecule has 26 heavy (non-hydrogen) atoms. The van der Waals surface area contributed by atoms with Crippen LogP contribution in [0.1, 0.15) is 40.5 Å². The number of alkyl halides is 3. The van der Waals surface area contributed by atoms with Gasteiger partial charge in [0.25, 0.3) is 0 Å². The Morgan fingerprint density at radius 3 is 2.54 bits per heavy atom. The van der Waals surface area contributed by atoms with E-state index in [-0.39, 0.29) is 16.6 Å². The SMILES string of the molecule is O=C(O)c1cccc(CN2CCC(n3ccc(C(F)(F)F)n3)CC2)c1Cl. The monoisotopic (exact) mass is 387 g/mol. The van der Waals surface area contributed by atoms with Gasteiger partial charge in [-0.2, -0.15) is 18.3 Å². The van der Waals surface area contributed by atoms with Crippen LogP contribution in [0.3, 0.4) is 0 Å². The molecule has 3 rings (SSSR count). The van der Waals surface area contributed by atoms with Crippen LogP contribution < -0.4 is 0 Å². The average Bonchev–Trinajstić information content (AvgIpc) is 3.07. The second-order valence-corrected chi connectivity index (χ2v) is 6.65. The van der Waals surface area contributed by atoms with Gasteiger partial charge in [0.1, 0.15) is 0 Å². The fraction of sp³-hybridized carbons (Fsp3) is 0.412. The summed E-state index contributed by atoms with van der Waals surface area (Å²) in [4.78, 5) is 13.3. The number of aromatic nitrogens is 2. The molecule has 0 atom stereocenters. The standard InChI is InChI=1S/C17H17ClF3N3O2/c18-15-11(2-1-3-13(15)16(25)26)10-23-7-4-12(5-8-23)24-9-6-14(22-24)17(19,20)21/h1-3,6,9,12H,4-5,7-8,10H2,(H,25,26). The number of nitrogens with zero attached hydrogens (tertiary/aromatic N) is 3. The summed E-state index contributed by atoms with van der Waals surface area (Å²) in [5.74, 6) is -1.07. The molecule has 0 spiro atoms. The number of rotatable bonds is 4. The summed E-state index contributed by atoms with van der Waals surface area (Å²) in [6.07, 6.45) is -1.74. The van der Waals surface area contributed by atoms with Gasteiger partial charge in [0.15, 0.2) is 5.69 Å². The molecule has 1 aromatic heterocycles. The van der Waals surface area contributed by atoms with Crippen molar-refractivity contribution < 1.29 is 23.1 Å². The van der Waals surface area contributed by atoms with E-state index >= 15 is 0 Å². The molecule has 1 aliphatic heterocycles. The Labute approximate surface area is 153 Å². The highest BCUT2D eigenvalue weighted by molar-refractivity contribution is 6.34. The summed E-state index contributed by atoms with van der Waals surface area (Å²) in [5.41, 5.74) is -0.0871. The van der Waals surface area contributed by atoms with Gasteiger partial charge >= 0.3 is 12.1 Å². The molecular weight excluding hydrogens is 371 g/mol. The van der Waals surface area contributed by atoms with E-state index in [2.05, 4.69) is 10.00 Å². The van der Waals surface area contributed by atoms with Gasteiger partial charge in [-0.15, -0.1) is 0 Å². The van der Waals surface area contributed by atoms with Crippen molar-refractivity contribution in [1.82, 2.24) is 14.7 Å². The third-order valence-electron chi connectivity index (χ3n) is 4.53. The van der Waals surface area contributed by atoms with Crippen LogP contribution in [0.15, 0.2) is 30.5 Å². The van der Waals surface area contributed by atoms with Crippen molar-refractivity contribution in [1.29, 1.82) is 0 Å². The van der Waals surface area contributed by atoms with Gasteiger partial charge in [-0.25, -0.2) is 4.79 Å². The number of carbonyl (C=O) groups is 1. The molecule has 0 aliphatic carbocycles. The van der Waals surface area contributed by atoms with Crippen LogP contribution in [0, 0.1) is 0 Å². The van der Waals surface area contributed by atoms with E-state index in [9.17, 15) is 18.0 Å². The molecule has 1 N–H and O–H groups in total. The predicted molar refractivity (Wildman–Crippen MR) is 89.2 cm³/mol. The Hall–Kier alpha value is -2.06. The minimum Gasteiger partial charge on any atom is -0.478 e. The van der Waals surface area contributed by atoms with Crippen molar-refractivity contribution in [2.24, 2.45) is 0 Å². The quantitative estimate of drug-likeness (QED) is 0.858. The van der Waals surface area contributed by atoms with Gasteiger partial charge in [0.05, 0.1) is 16.6 Å². The fourth-order valence-corrected chi connectivity index (χ4v) is 3.41. The number of likely N-dealkylation sites (tertiary alicyclic amines) is 1. The molecular formula is C17H17ClF3N3O2. The zero-order chi connectivity index (χ0) is 18.9. The molecule has 0 amide bonds. The molecule has 140 valence electrons. The lowest BCUT2D eigenvalue weighted by Gasteiger charge is -2.32. The fourth-order valence-electron chi connectivity index (χ4n) is 3.14. The van der Waals surface area contributed by atoms with E-state index in [0.29, 0.717) is 32.5 Å². The lowest BCUT2D eigenvalue weighted by Crippen LogP contribution is -2.34. The van der Waals surface area contributed by atoms with Gasteiger partial charge in [-0.3, -0.25) is 9.58 Å². The number of hydrogen-bond acceptors (Lipinski definition) is 3. The van der Waals surface area contributed by atoms with Crippen molar-refractivity contribution in [3.05, 3.63) is 52.3 Å². The molecule has 2 heterocycles. The van der Waals surface area contributed by atoms with E-state index in [1.165, 1.54) is 16.9 Å². The number of hydrogen-bond donors (Lipinski definition) is 1. The molecule has 1 aliphatic rings. The second-order valence-electron chi connectivity index (χ2n) is 6.27. The molecule has 0 bridgehead atoms. The Bertz CT molecular complexity index is 799. The van der Waals surface area contributed by atoms with E-state index in [1.807, 2.05) is 0 Å². The normalized spacial score (nSPS) is 16.8. The second kappa shape index (κ2) is 7.28. The lowest BCUT2D eigenvalue weighted by molar-refractivity contribution is -0.141. The Morgan fingerprint density at radius 1 is 1.27 bits per heavy atom. The van der Waals surface area contributed by atoms with Crippen LogP contribution in [0.4, 0.5) is 13.2 Å². The zero-order valence-corrected chi connectivity index (χ0v) is 14.5. The van der Waals surface area contributed by atoms with Gasteiger partial charge < -0.3 is 5.11 Å².